The van der Waals surface area contributed by atoms with Gasteiger partial charge in [-0.25, -0.2) is 9.67 Å². The molecular weight excluding hydrogens is 459 g/mol. The first-order valence-corrected chi connectivity index (χ1v) is 10.4. The monoisotopic (exact) mass is 479 g/mol. The average Bonchev–Trinajstić information content (AvgIpc) is 3.22. The maximum atomic E-state index is 12.8. The molecule has 7 nitrogen and oxygen atoms in total. The van der Waals surface area contributed by atoms with Crippen LogP contribution in [0.25, 0.3) is 5.82 Å². The number of carbonyl (C=O) groups excluding carboxylic acids is 2. The summed E-state index contributed by atoms with van der Waals surface area (Å²) in [6, 6.07) is 8.51. The molecule has 33 heavy (non-hydrogen) atoms. The Kier molecular flexibility index (Phi) is 7.37. The number of pyridine rings is 1. The molecule has 0 saturated heterocycles. The third kappa shape index (κ3) is 5.89. The van der Waals surface area contributed by atoms with Crippen LogP contribution in [0, 0.1) is 0 Å². The van der Waals surface area contributed by atoms with Gasteiger partial charge in [0.25, 0.3) is 11.8 Å². The smallest absolute Gasteiger partial charge is 0.350 e. The molecule has 3 rings (SSSR count). The Morgan fingerprint density at radius 2 is 1.64 bits per heavy atom. The quantitative estimate of drug-likeness (QED) is 0.496. The zero-order valence-electron chi connectivity index (χ0n) is 17.8. The lowest BCUT2D eigenvalue weighted by molar-refractivity contribution is -0.137. The second kappa shape index (κ2) is 10.0. The minimum Gasteiger partial charge on any atom is -0.350 e. The molecule has 2 amide bonds. The molecule has 2 heterocycles. The van der Waals surface area contributed by atoms with E-state index in [1.54, 1.807) is 24.3 Å². The van der Waals surface area contributed by atoms with Gasteiger partial charge in [0.15, 0.2) is 5.82 Å². The van der Waals surface area contributed by atoms with Crippen molar-refractivity contribution in [3.8, 4) is 5.82 Å². The molecule has 2 N–H and O–H groups in total. The topological polar surface area (TPSA) is 88.9 Å². The molecule has 0 unspecified atom stereocenters. The van der Waals surface area contributed by atoms with Crippen molar-refractivity contribution >= 4 is 23.4 Å². The van der Waals surface area contributed by atoms with Gasteiger partial charge in [-0.2, -0.15) is 18.3 Å². The van der Waals surface area contributed by atoms with Crippen molar-refractivity contribution in [3.63, 3.8) is 0 Å². The molecule has 0 fully saturated rings. The second-order valence-electron chi connectivity index (χ2n) is 7.43. The van der Waals surface area contributed by atoms with Crippen LogP contribution in [0.15, 0.2) is 48.8 Å². The summed E-state index contributed by atoms with van der Waals surface area (Å²) in [5.74, 6) is -0.717. The first-order chi connectivity index (χ1) is 15.6. The van der Waals surface area contributed by atoms with Crippen LogP contribution in [0.4, 0.5) is 13.2 Å². The number of hydrogen-bond acceptors (Lipinski definition) is 4. The maximum Gasteiger partial charge on any atom is 0.417 e. The van der Waals surface area contributed by atoms with Gasteiger partial charge in [-0.15, -0.1) is 0 Å². The highest BCUT2D eigenvalue weighted by molar-refractivity contribution is 6.30. The largest absolute Gasteiger partial charge is 0.417 e. The van der Waals surface area contributed by atoms with Crippen LogP contribution >= 0.6 is 11.6 Å². The van der Waals surface area contributed by atoms with Crippen molar-refractivity contribution in [2.75, 3.05) is 13.1 Å². The van der Waals surface area contributed by atoms with Gasteiger partial charge in [-0.05, 0) is 42.3 Å². The first kappa shape index (κ1) is 24.2. The Balaban J connectivity index is 1.65. The summed E-state index contributed by atoms with van der Waals surface area (Å²) in [6.07, 6.45) is -2.43. The van der Waals surface area contributed by atoms with Gasteiger partial charge >= 0.3 is 6.18 Å². The molecule has 0 radical (unpaired) electrons. The van der Waals surface area contributed by atoms with Crippen molar-refractivity contribution in [1.82, 2.24) is 25.4 Å². The molecule has 0 aliphatic rings. The zero-order valence-corrected chi connectivity index (χ0v) is 18.5. The summed E-state index contributed by atoms with van der Waals surface area (Å²) in [4.78, 5) is 28.6. The van der Waals surface area contributed by atoms with E-state index in [9.17, 15) is 22.8 Å². The van der Waals surface area contributed by atoms with Crippen LogP contribution in [0.2, 0.25) is 5.02 Å². The lowest BCUT2D eigenvalue weighted by Crippen LogP contribution is -2.35. The van der Waals surface area contributed by atoms with E-state index in [0.29, 0.717) is 16.3 Å². The van der Waals surface area contributed by atoms with Crippen LogP contribution in [0.5, 0.6) is 0 Å². The Hall–Kier alpha value is -3.40. The van der Waals surface area contributed by atoms with Crippen molar-refractivity contribution in [1.29, 1.82) is 0 Å². The first-order valence-electron chi connectivity index (χ1n) is 10.0. The highest BCUT2D eigenvalue weighted by Crippen LogP contribution is 2.29. The van der Waals surface area contributed by atoms with Gasteiger partial charge in [0.05, 0.1) is 23.0 Å². The molecule has 3 aromatic rings. The lowest BCUT2D eigenvalue weighted by Gasteiger charge is -2.13. The second-order valence-corrected chi connectivity index (χ2v) is 7.87. The van der Waals surface area contributed by atoms with Crippen molar-refractivity contribution in [3.05, 3.63) is 76.2 Å². The SMILES string of the molecule is CC(C)c1c(C(=O)NCCNC(=O)c2ccc(Cl)cc2)cnn1-c1ccc(C(F)(F)F)cn1. The number of benzene rings is 1. The molecular formula is C22H21ClF3N5O2. The van der Waals surface area contributed by atoms with E-state index >= 15 is 0 Å². The van der Waals surface area contributed by atoms with Gasteiger partial charge in [-0.3, -0.25) is 9.59 Å². The normalized spacial score (nSPS) is 11.5. The van der Waals surface area contributed by atoms with Crippen molar-refractivity contribution in [2.45, 2.75) is 25.9 Å². The number of nitrogens with one attached hydrogen (secondary N) is 2. The van der Waals surface area contributed by atoms with Crippen molar-refractivity contribution < 1.29 is 22.8 Å². The van der Waals surface area contributed by atoms with Crippen molar-refractivity contribution in [2.24, 2.45) is 0 Å². The molecule has 0 aliphatic heterocycles. The molecule has 174 valence electrons. The summed E-state index contributed by atoms with van der Waals surface area (Å²) in [7, 11) is 0. The van der Waals surface area contributed by atoms with E-state index < -0.39 is 17.6 Å². The molecule has 11 heteroatoms. The molecule has 0 saturated carbocycles. The van der Waals surface area contributed by atoms with Gasteiger partial charge in [0.1, 0.15) is 0 Å². The fourth-order valence-corrected chi connectivity index (χ4v) is 3.23. The van der Waals surface area contributed by atoms with E-state index in [2.05, 4.69) is 20.7 Å². The Morgan fingerprint density at radius 1 is 1.00 bits per heavy atom. The van der Waals surface area contributed by atoms with Gasteiger partial charge in [0.2, 0.25) is 0 Å². The fraction of sp³-hybridized carbons (Fsp3) is 0.273. The standard InChI is InChI=1S/C22H21ClF3N5O2/c1-13(2)19-17(12-30-31(19)18-8-5-15(11-29-18)22(24,25)26)21(33)28-10-9-27-20(32)14-3-6-16(23)7-4-14/h3-8,11-13H,9-10H2,1-2H3,(H,27,32)(H,28,33). The summed E-state index contributed by atoms with van der Waals surface area (Å²) < 4.78 is 39.8. The molecule has 0 aliphatic carbocycles. The molecule has 0 spiro atoms. The molecule has 0 atom stereocenters. The van der Waals surface area contributed by atoms with Crippen LogP contribution in [-0.4, -0.2) is 39.7 Å². The van der Waals surface area contributed by atoms with Crippen LogP contribution in [-0.2, 0) is 6.18 Å². The lowest BCUT2D eigenvalue weighted by atomic mass is 10.1. The van der Waals surface area contributed by atoms with E-state index in [1.807, 2.05) is 13.8 Å². The number of rotatable bonds is 7. The van der Waals surface area contributed by atoms with E-state index in [0.717, 1.165) is 12.3 Å². The van der Waals surface area contributed by atoms with Gasteiger partial charge < -0.3 is 10.6 Å². The minimum atomic E-state index is -4.50. The third-order valence-corrected chi connectivity index (χ3v) is 4.94. The number of amides is 2. The predicted octanol–water partition coefficient (Wildman–Crippen LogP) is 4.22. The van der Waals surface area contributed by atoms with Gasteiger partial charge in [-0.1, -0.05) is 25.4 Å². The molecule has 0 bridgehead atoms. The zero-order chi connectivity index (χ0) is 24.2. The summed E-state index contributed by atoms with van der Waals surface area (Å²) >= 11 is 5.80. The number of alkyl halides is 3. The van der Waals surface area contributed by atoms with E-state index in [4.69, 9.17) is 11.6 Å². The summed E-state index contributed by atoms with van der Waals surface area (Å²) in [6.45, 7) is 4.03. The number of halogens is 4. The number of carbonyl (C=O) groups is 2. The van der Waals surface area contributed by atoms with Crippen LogP contribution in [0.3, 0.4) is 0 Å². The summed E-state index contributed by atoms with van der Waals surface area (Å²) in [5, 5.41) is 10.1. The molecule has 1 aromatic carbocycles. The number of aromatic nitrogens is 3. The fourth-order valence-electron chi connectivity index (χ4n) is 3.10. The Bertz CT molecular complexity index is 1130. The molecule has 2 aromatic heterocycles. The Morgan fingerprint density at radius 3 is 2.18 bits per heavy atom. The summed E-state index contributed by atoms with van der Waals surface area (Å²) in [5.41, 5.74) is 0.349. The Labute approximate surface area is 193 Å². The van der Waals surface area contributed by atoms with Crippen LogP contribution in [0.1, 0.15) is 51.7 Å². The van der Waals surface area contributed by atoms with E-state index in [-0.39, 0.29) is 36.3 Å². The predicted molar refractivity (Wildman–Crippen MR) is 117 cm³/mol. The maximum absolute atomic E-state index is 12.8. The third-order valence-electron chi connectivity index (χ3n) is 4.69. The number of hydrogen-bond donors (Lipinski definition) is 2. The van der Waals surface area contributed by atoms with Crippen LogP contribution < -0.4 is 10.6 Å². The number of nitrogens with zero attached hydrogens (tertiary/aromatic N) is 3. The highest BCUT2D eigenvalue weighted by Gasteiger charge is 2.31. The minimum absolute atomic E-state index is 0.165. The van der Waals surface area contributed by atoms with Gasteiger partial charge in [0, 0.05) is 29.9 Å². The average molecular weight is 480 g/mol. The van der Waals surface area contributed by atoms with E-state index in [1.165, 1.54) is 16.9 Å². The highest BCUT2D eigenvalue weighted by atomic mass is 35.5.